The van der Waals surface area contributed by atoms with Crippen LogP contribution in [0.3, 0.4) is 0 Å². The van der Waals surface area contributed by atoms with Crippen molar-refractivity contribution in [2.75, 3.05) is 36.0 Å². The molecular weight excluding hydrogens is 518 g/mol. The number of carbonyl (C=O) groups is 1. The number of aryl methyl sites for hydroxylation is 1. The fraction of sp³-hybridized carbons (Fsp3) is 0.514. The maximum atomic E-state index is 13.4. The van der Waals surface area contributed by atoms with Crippen LogP contribution in [-0.2, 0) is 16.8 Å². The average Bonchev–Trinajstić information content (AvgIpc) is 3.33. The van der Waals surface area contributed by atoms with Crippen LogP contribution < -0.4 is 9.80 Å². The molecule has 2 aromatic carbocycles. The normalized spacial score (nSPS) is 13.6. The van der Waals surface area contributed by atoms with E-state index in [4.69, 9.17) is 9.72 Å². The van der Waals surface area contributed by atoms with E-state index in [1.54, 1.807) is 0 Å². The van der Waals surface area contributed by atoms with Crippen LogP contribution in [-0.4, -0.2) is 37.1 Å². The zero-order valence-electron chi connectivity index (χ0n) is 26.6. The van der Waals surface area contributed by atoms with E-state index < -0.39 is 5.60 Å². The molecule has 5 heteroatoms. The third kappa shape index (κ3) is 6.82. The highest BCUT2D eigenvalue weighted by molar-refractivity contribution is 5.95. The van der Waals surface area contributed by atoms with Gasteiger partial charge < -0.3 is 14.5 Å². The Morgan fingerprint density at radius 1 is 0.667 bits per heavy atom. The predicted molar refractivity (Wildman–Crippen MR) is 176 cm³/mol. The molecule has 226 valence electrons. The Hall–Kier alpha value is -3.34. The van der Waals surface area contributed by atoms with Gasteiger partial charge in [-0.15, -0.1) is 0 Å². The van der Waals surface area contributed by atoms with E-state index in [0.29, 0.717) is 11.3 Å². The first kappa shape index (κ1) is 31.6. The van der Waals surface area contributed by atoms with Crippen molar-refractivity contribution < 1.29 is 9.53 Å². The van der Waals surface area contributed by atoms with Gasteiger partial charge in [0.25, 0.3) is 0 Å². The fourth-order valence-electron chi connectivity index (χ4n) is 5.89. The number of hydrogen-bond donors (Lipinski definition) is 0. The maximum Gasteiger partial charge on any atom is 0.341 e. The van der Waals surface area contributed by atoms with Crippen molar-refractivity contribution in [3.8, 4) is 0 Å². The van der Waals surface area contributed by atoms with Crippen LogP contribution in [0.15, 0.2) is 60.8 Å². The van der Waals surface area contributed by atoms with Gasteiger partial charge in [0.1, 0.15) is 5.69 Å². The van der Waals surface area contributed by atoms with Crippen molar-refractivity contribution >= 4 is 17.3 Å². The molecule has 0 saturated carbocycles. The number of rotatable bonds is 17. The average molecular weight is 570 g/mol. The summed E-state index contributed by atoms with van der Waals surface area (Å²) in [7, 11) is 0. The van der Waals surface area contributed by atoms with Gasteiger partial charge in [0, 0.05) is 54.9 Å². The number of ether oxygens (including phenoxy) is 1. The fourth-order valence-corrected chi connectivity index (χ4v) is 5.89. The van der Waals surface area contributed by atoms with Crippen molar-refractivity contribution in [1.29, 1.82) is 0 Å². The molecule has 0 spiro atoms. The number of carbonyl (C=O) groups excluding carboxylic acids is 1. The van der Waals surface area contributed by atoms with E-state index >= 15 is 0 Å². The number of hydrogen-bond acceptors (Lipinski definition) is 5. The van der Waals surface area contributed by atoms with E-state index in [2.05, 4.69) is 92.9 Å². The van der Waals surface area contributed by atoms with Gasteiger partial charge >= 0.3 is 5.97 Å². The molecule has 0 radical (unpaired) electrons. The third-order valence-corrected chi connectivity index (χ3v) is 8.56. The van der Waals surface area contributed by atoms with E-state index in [0.717, 1.165) is 49.3 Å². The first-order chi connectivity index (χ1) is 20.5. The van der Waals surface area contributed by atoms with E-state index in [1.165, 1.54) is 62.7 Å². The molecule has 0 bridgehead atoms. The lowest BCUT2D eigenvalue weighted by Gasteiger charge is -2.31. The summed E-state index contributed by atoms with van der Waals surface area (Å²) in [4.78, 5) is 23.3. The van der Waals surface area contributed by atoms with E-state index in [-0.39, 0.29) is 5.97 Å². The van der Waals surface area contributed by atoms with Crippen LogP contribution in [0.2, 0.25) is 0 Å². The lowest BCUT2D eigenvalue weighted by molar-refractivity contribution is 0.0243. The van der Waals surface area contributed by atoms with Crippen LogP contribution in [0.5, 0.6) is 0 Å². The number of anilines is 2. The Bertz CT molecular complexity index is 1190. The number of fused-ring (bicyclic) bond motifs is 1. The minimum absolute atomic E-state index is 0.305. The van der Waals surface area contributed by atoms with Gasteiger partial charge in [-0.25, -0.2) is 4.79 Å². The minimum atomic E-state index is -1.08. The Labute approximate surface area is 254 Å². The summed E-state index contributed by atoms with van der Waals surface area (Å²) in [6.45, 7) is 15.3. The Morgan fingerprint density at radius 3 is 1.48 bits per heavy atom. The number of cyclic esters (lactones) is 1. The quantitative estimate of drug-likeness (QED) is 0.152. The second-order valence-electron chi connectivity index (χ2n) is 11.6. The van der Waals surface area contributed by atoms with Crippen molar-refractivity contribution in [2.24, 2.45) is 0 Å². The first-order valence-electron chi connectivity index (χ1n) is 16.5. The molecular formula is C37H51N3O2. The van der Waals surface area contributed by atoms with Crippen LogP contribution in [0.1, 0.15) is 119 Å². The monoisotopic (exact) mass is 569 g/mol. The van der Waals surface area contributed by atoms with Crippen LogP contribution >= 0.6 is 0 Å². The van der Waals surface area contributed by atoms with Gasteiger partial charge in [0.05, 0.1) is 5.56 Å². The molecule has 0 saturated heterocycles. The molecule has 0 fully saturated rings. The van der Waals surface area contributed by atoms with Gasteiger partial charge in [-0.1, -0.05) is 84.6 Å². The number of aromatic nitrogens is 1. The predicted octanol–water partition coefficient (Wildman–Crippen LogP) is 8.92. The largest absolute Gasteiger partial charge is 0.439 e. The molecule has 0 N–H and O–H groups in total. The highest BCUT2D eigenvalue weighted by Gasteiger charge is 2.50. The molecule has 2 heterocycles. The zero-order chi connectivity index (χ0) is 30.0. The first-order valence-corrected chi connectivity index (χ1v) is 16.5. The molecule has 3 aromatic rings. The molecule has 0 amide bonds. The number of benzene rings is 2. The highest BCUT2D eigenvalue weighted by Crippen LogP contribution is 2.47. The second-order valence-corrected chi connectivity index (χ2v) is 11.6. The van der Waals surface area contributed by atoms with Crippen molar-refractivity contribution in [3.05, 3.63) is 88.7 Å². The summed E-state index contributed by atoms with van der Waals surface area (Å²) in [6.07, 6.45) is 12.1. The van der Waals surface area contributed by atoms with Crippen molar-refractivity contribution in [3.63, 3.8) is 0 Å². The summed E-state index contributed by atoms with van der Waals surface area (Å²) in [5.41, 5.74) is 5.52. The lowest BCUT2D eigenvalue weighted by Crippen LogP contribution is -2.31. The highest BCUT2D eigenvalue weighted by atomic mass is 16.6. The van der Waals surface area contributed by atoms with Crippen LogP contribution in [0, 0.1) is 0 Å². The van der Waals surface area contributed by atoms with Gasteiger partial charge in [-0.05, 0) is 68.0 Å². The summed E-state index contributed by atoms with van der Waals surface area (Å²) < 4.78 is 6.42. The summed E-state index contributed by atoms with van der Waals surface area (Å²) in [6, 6.07) is 19.3. The van der Waals surface area contributed by atoms with Crippen molar-refractivity contribution in [1.82, 2.24) is 4.98 Å². The van der Waals surface area contributed by atoms with E-state index in [1.807, 2.05) is 12.3 Å². The van der Waals surface area contributed by atoms with Gasteiger partial charge in [0.15, 0.2) is 0 Å². The number of pyridine rings is 1. The third-order valence-electron chi connectivity index (χ3n) is 8.56. The molecule has 1 aromatic heterocycles. The molecule has 5 nitrogen and oxygen atoms in total. The number of unbranched alkanes of at least 4 members (excludes halogenated alkanes) is 4. The second kappa shape index (κ2) is 15.2. The van der Waals surface area contributed by atoms with Gasteiger partial charge in [-0.3, -0.25) is 4.98 Å². The molecule has 0 atom stereocenters. The maximum absolute atomic E-state index is 13.4. The SMILES string of the molecule is CCCCN(CCCC)c1ccc(C2(c3ccc(N(CCCC)CCCC)cc3)OC(=O)c3cc(CC)cnc32)cc1. The Kier molecular flexibility index (Phi) is 11.5. The summed E-state index contributed by atoms with van der Waals surface area (Å²) in [5, 5.41) is 0. The topological polar surface area (TPSA) is 45.7 Å². The number of nitrogens with zero attached hydrogens (tertiary/aromatic N) is 3. The van der Waals surface area contributed by atoms with Gasteiger partial charge in [-0.2, -0.15) is 0 Å². The van der Waals surface area contributed by atoms with Gasteiger partial charge in [0.2, 0.25) is 5.60 Å². The molecule has 0 aliphatic carbocycles. The van der Waals surface area contributed by atoms with Crippen LogP contribution in [0.25, 0.3) is 0 Å². The minimum Gasteiger partial charge on any atom is -0.439 e. The molecule has 4 rings (SSSR count). The standard InChI is InChI=1S/C37H51N3O2/c1-6-11-23-39(24-12-7-2)32-19-15-30(16-20-32)37(35-34(36(41)42-37)27-29(10-5)28-38-35)31-17-21-33(22-18-31)40(25-13-8-3)26-14-9-4/h15-22,27-28H,6-14,23-26H2,1-5H3. The summed E-state index contributed by atoms with van der Waals surface area (Å²) in [5.74, 6) is -0.305. The zero-order valence-corrected chi connectivity index (χ0v) is 26.6. The smallest absolute Gasteiger partial charge is 0.341 e. The van der Waals surface area contributed by atoms with Crippen LogP contribution in [0.4, 0.5) is 11.4 Å². The lowest BCUT2D eigenvalue weighted by atomic mass is 9.82. The molecule has 0 unspecified atom stereocenters. The Morgan fingerprint density at radius 2 is 1.10 bits per heavy atom. The molecule has 42 heavy (non-hydrogen) atoms. The Balaban J connectivity index is 1.77. The van der Waals surface area contributed by atoms with E-state index in [9.17, 15) is 4.79 Å². The van der Waals surface area contributed by atoms with Crippen molar-refractivity contribution in [2.45, 2.75) is 98.0 Å². The summed E-state index contributed by atoms with van der Waals surface area (Å²) >= 11 is 0. The molecule has 1 aliphatic rings. The molecule has 1 aliphatic heterocycles. The number of esters is 1.